The molecule has 0 saturated heterocycles. The fourth-order valence-corrected chi connectivity index (χ4v) is 1.79. The average molecular weight is 236 g/mol. The number of rotatable bonds is 6. The zero-order valence-corrected chi connectivity index (χ0v) is 10.2. The Labute approximate surface area is 101 Å². The Hall–Kier alpha value is -1.36. The normalized spacial score (nSPS) is 16.8. The fraction of sp³-hybridized carbons (Fsp3) is 0.667. The van der Waals surface area contributed by atoms with E-state index >= 15 is 0 Å². The lowest BCUT2D eigenvalue weighted by molar-refractivity contribution is -0.121. The van der Waals surface area contributed by atoms with Gasteiger partial charge in [-0.05, 0) is 19.3 Å². The molecule has 0 aliphatic heterocycles. The van der Waals surface area contributed by atoms with Gasteiger partial charge in [-0.15, -0.1) is 0 Å². The molecule has 0 radical (unpaired) electrons. The Morgan fingerprint density at radius 3 is 3.12 bits per heavy atom. The average Bonchev–Trinajstić information content (AvgIpc) is 3.00. The maximum Gasteiger partial charge on any atom is 0.222 e. The summed E-state index contributed by atoms with van der Waals surface area (Å²) in [5.41, 5.74) is 6.98. The van der Waals surface area contributed by atoms with E-state index in [2.05, 4.69) is 10.3 Å². The summed E-state index contributed by atoms with van der Waals surface area (Å²) in [6.07, 6.45) is 7.16. The number of carbonyl (C=O) groups is 1. The number of nitrogens with two attached hydrogens (primary N) is 1. The van der Waals surface area contributed by atoms with Crippen LogP contribution in [0.25, 0.3) is 0 Å². The second-order valence-electron chi connectivity index (χ2n) is 4.62. The minimum absolute atomic E-state index is 0.00370. The zero-order chi connectivity index (χ0) is 12.3. The van der Waals surface area contributed by atoms with E-state index in [1.54, 1.807) is 12.5 Å². The summed E-state index contributed by atoms with van der Waals surface area (Å²) in [6, 6.07) is 0.437. The van der Waals surface area contributed by atoms with Gasteiger partial charge in [-0.2, -0.15) is 0 Å². The molecule has 1 aromatic rings. The van der Waals surface area contributed by atoms with Crippen LogP contribution in [0.3, 0.4) is 0 Å². The predicted molar refractivity (Wildman–Crippen MR) is 65.2 cm³/mol. The zero-order valence-electron chi connectivity index (χ0n) is 10.2. The number of carbonyl (C=O) groups excluding carboxylic acids is 1. The molecule has 1 aromatic heterocycles. The van der Waals surface area contributed by atoms with Crippen molar-refractivity contribution < 1.29 is 4.79 Å². The molecule has 94 valence electrons. The molecule has 5 nitrogen and oxygen atoms in total. The first-order valence-electron chi connectivity index (χ1n) is 6.25. The Bertz CT molecular complexity index is 384. The molecule has 5 heteroatoms. The molecule has 1 aliphatic rings. The van der Waals surface area contributed by atoms with Crippen molar-refractivity contribution in [3.63, 3.8) is 0 Å². The maximum atomic E-state index is 11.6. The Balaban J connectivity index is 1.85. The largest absolute Gasteiger partial charge is 0.353 e. The molecule has 0 aromatic carbocycles. The number of imidazole rings is 1. The highest BCUT2D eigenvalue weighted by Gasteiger charge is 2.23. The van der Waals surface area contributed by atoms with Gasteiger partial charge < -0.3 is 15.6 Å². The first-order valence-corrected chi connectivity index (χ1v) is 6.25. The number of nitrogens with one attached hydrogen (secondary N) is 1. The molecule has 0 bridgehead atoms. The van der Waals surface area contributed by atoms with E-state index in [4.69, 9.17) is 5.73 Å². The van der Waals surface area contributed by atoms with E-state index in [0.717, 1.165) is 25.0 Å². The van der Waals surface area contributed by atoms with Crippen molar-refractivity contribution in [2.24, 2.45) is 5.73 Å². The number of aromatic nitrogens is 2. The monoisotopic (exact) mass is 236 g/mol. The van der Waals surface area contributed by atoms with Gasteiger partial charge in [-0.25, -0.2) is 4.98 Å². The van der Waals surface area contributed by atoms with Gasteiger partial charge in [0, 0.05) is 31.2 Å². The summed E-state index contributed by atoms with van der Waals surface area (Å²) in [4.78, 5) is 15.7. The molecule has 1 atom stereocenters. The van der Waals surface area contributed by atoms with Crippen LogP contribution in [-0.2, 0) is 11.3 Å². The Kier molecular flexibility index (Phi) is 3.78. The Morgan fingerprint density at radius 1 is 1.71 bits per heavy atom. The standard InChI is InChI=1S/C12H20N4O/c1-2-10(13)11-7-14-8-16(11)6-5-12(17)15-9-3-4-9/h7-10H,2-6,13H2,1H3,(H,15,17)/t10-/m1/s1. The molecular formula is C12H20N4O. The third-order valence-corrected chi connectivity index (χ3v) is 3.09. The van der Waals surface area contributed by atoms with E-state index in [1.165, 1.54) is 0 Å². The summed E-state index contributed by atoms with van der Waals surface area (Å²) in [6.45, 7) is 2.70. The number of aryl methyl sites for hydroxylation is 1. The molecule has 1 aliphatic carbocycles. The SMILES string of the molecule is CC[C@@H](N)c1cncn1CCC(=O)NC1CC1. The van der Waals surface area contributed by atoms with Crippen LogP contribution >= 0.6 is 0 Å². The molecular weight excluding hydrogens is 216 g/mol. The summed E-state index contributed by atoms with van der Waals surface area (Å²) in [5.74, 6) is 0.122. The van der Waals surface area contributed by atoms with E-state index < -0.39 is 0 Å². The molecule has 2 rings (SSSR count). The molecule has 1 saturated carbocycles. The summed E-state index contributed by atoms with van der Waals surface area (Å²) < 4.78 is 1.97. The minimum Gasteiger partial charge on any atom is -0.353 e. The minimum atomic E-state index is 0.00370. The quantitative estimate of drug-likeness (QED) is 0.772. The number of hydrogen-bond acceptors (Lipinski definition) is 3. The molecule has 1 amide bonds. The highest BCUT2D eigenvalue weighted by molar-refractivity contribution is 5.76. The molecule has 0 spiro atoms. The molecule has 1 heterocycles. The highest BCUT2D eigenvalue weighted by atomic mass is 16.1. The van der Waals surface area contributed by atoms with Crippen LogP contribution in [-0.4, -0.2) is 21.5 Å². The van der Waals surface area contributed by atoms with Crippen LogP contribution in [0.5, 0.6) is 0 Å². The van der Waals surface area contributed by atoms with Crippen LogP contribution in [0, 0.1) is 0 Å². The van der Waals surface area contributed by atoms with Crippen molar-refractivity contribution in [1.29, 1.82) is 0 Å². The van der Waals surface area contributed by atoms with Gasteiger partial charge >= 0.3 is 0 Å². The topological polar surface area (TPSA) is 72.9 Å². The van der Waals surface area contributed by atoms with Crippen LogP contribution in [0.4, 0.5) is 0 Å². The lowest BCUT2D eigenvalue weighted by Gasteiger charge is -2.12. The van der Waals surface area contributed by atoms with E-state index in [1.807, 2.05) is 11.5 Å². The summed E-state index contributed by atoms with van der Waals surface area (Å²) >= 11 is 0. The second kappa shape index (κ2) is 5.31. The third-order valence-electron chi connectivity index (χ3n) is 3.09. The fourth-order valence-electron chi connectivity index (χ4n) is 1.79. The van der Waals surface area contributed by atoms with Crippen molar-refractivity contribution in [2.45, 2.75) is 51.2 Å². The lowest BCUT2D eigenvalue weighted by atomic mass is 10.2. The van der Waals surface area contributed by atoms with Gasteiger partial charge in [0.25, 0.3) is 0 Å². The van der Waals surface area contributed by atoms with Crippen LogP contribution in [0.1, 0.15) is 44.3 Å². The molecule has 17 heavy (non-hydrogen) atoms. The van der Waals surface area contributed by atoms with Gasteiger partial charge in [0.2, 0.25) is 5.91 Å². The van der Waals surface area contributed by atoms with Gasteiger partial charge in [-0.1, -0.05) is 6.92 Å². The smallest absolute Gasteiger partial charge is 0.222 e. The first kappa shape index (κ1) is 12.1. The van der Waals surface area contributed by atoms with E-state index in [-0.39, 0.29) is 11.9 Å². The Morgan fingerprint density at radius 2 is 2.47 bits per heavy atom. The van der Waals surface area contributed by atoms with Gasteiger partial charge in [0.15, 0.2) is 0 Å². The second-order valence-corrected chi connectivity index (χ2v) is 4.62. The highest BCUT2D eigenvalue weighted by Crippen LogP contribution is 2.19. The number of nitrogens with zero attached hydrogens (tertiary/aromatic N) is 2. The number of hydrogen-bond donors (Lipinski definition) is 2. The molecule has 1 fully saturated rings. The van der Waals surface area contributed by atoms with Crippen LogP contribution < -0.4 is 11.1 Å². The molecule has 0 unspecified atom stereocenters. The van der Waals surface area contributed by atoms with Crippen molar-refractivity contribution in [1.82, 2.24) is 14.9 Å². The molecule has 3 N–H and O–H groups in total. The van der Waals surface area contributed by atoms with Crippen molar-refractivity contribution in [3.8, 4) is 0 Å². The third kappa shape index (κ3) is 3.30. The summed E-state index contributed by atoms with van der Waals surface area (Å²) in [7, 11) is 0. The van der Waals surface area contributed by atoms with Crippen LogP contribution in [0.2, 0.25) is 0 Å². The predicted octanol–water partition coefficient (Wildman–Crippen LogP) is 0.962. The van der Waals surface area contributed by atoms with E-state index in [0.29, 0.717) is 19.0 Å². The lowest BCUT2D eigenvalue weighted by Crippen LogP contribution is -2.26. The maximum absolute atomic E-state index is 11.6. The van der Waals surface area contributed by atoms with E-state index in [9.17, 15) is 4.79 Å². The van der Waals surface area contributed by atoms with Gasteiger partial charge in [0.05, 0.1) is 12.0 Å². The van der Waals surface area contributed by atoms with Crippen molar-refractivity contribution >= 4 is 5.91 Å². The van der Waals surface area contributed by atoms with Crippen molar-refractivity contribution in [2.75, 3.05) is 0 Å². The number of amides is 1. The van der Waals surface area contributed by atoms with Gasteiger partial charge in [0.1, 0.15) is 0 Å². The first-order chi connectivity index (χ1) is 8.20. The summed E-state index contributed by atoms with van der Waals surface area (Å²) in [5, 5.41) is 2.98. The van der Waals surface area contributed by atoms with Crippen LogP contribution in [0.15, 0.2) is 12.5 Å². The van der Waals surface area contributed by atoms with Crippen molar-refractivity contribution in [3.05, 3.63) is 18.2 Å². The van der Waals surface area contributed by atoms with Gasteiger partial charge in [-0.3, -0.25) is 4.79 Å².